The standard InChI is InChI=1S/C21H25N3O3/c1-14(2)19(24-18(25)13-15-7-5-4-6-8-15)21(27)23-17-11-9-16(10-12-17)20(26)22-3/h4-12,14,19H,13H2,1-3H3,(H,22,26)(H,23,27)(H,24,25). The lowest BCUT2D eigenvalue weighted by Gasteiger charge is -2.22. The number of carbonyl (C=O) groups is 3. The van der Waals surface area contributed by atoms with Gasteiger partial charge in [-0.25, -0.2) is 0 Å². The maximum Gasteiger partial charge on any atom is 0.251 e. The molecule has 0 saturated heterocycles. The van der Waals surface area contributed by atoms with Crippen LogP contribution in [0.25, 0.3) is 0 Å². The third-order valence-corrected chi connectivity index (χ3v) is 4.11. The molecule has 6 nitrogen and oxygen atoms in total. The molecular formula is C21H25N3O3. The summed E-state index contributed by atoms with van der Waals surface area (Å²) < 4.78 is 0. The molecule has 0 fully saturated rings. The van der Waals surface area contributed by atoms with Crippen LogP contribution in [0.15, 0.2) is 54.6 Å². The quantitative estimate of drug-likeness (QED) is 0.702. The van der Waals surface area contributed by atoms with Gasteiger partial charge in [0.1, 0.15) is 6.04 Å². The van der Waals surface area contributed by atoms with Crippen LogP contribution < -0.4 is 16.0 Å². The molecule has 0 radical (unpaired) electrons. The highest BCUT2D eigenvalue weighted by Crippen LogP contribution is 2.12. The molecule has 0 aliphatic rings. The number of anilines is 1. The number of amides is 3. The Morgan fingerprint density at radius 1 is 0.926 bits per heavy atom. The second kappa shape index (κ2) is 9.52. The molecule has 3 amide bonds. The first-order valence-electron chi connectivity index (χ1n) is 8.87. The first-order chi connectivity index (χ1) is 12.9. The number of rotatable bonds is 7. The van der Waals surface area contributed by atoms with E-state index < -0.39 is 6.04 Å². The van der Waals surface area contributed by atoms with Crippen LogP contribution >= 0.6 is 0 Å². The van der Waals surface area contributed by atoms with Crippen molar-refractivity contribution in [3.8, 4) is 0 Å². The van der Waals surface area contributed by atoms with E-state index in [0.29, 0.717) is 11.3 Å². The number of nitrogens with one attached hydrogen (secondary N) is 3. The summed E-state index contributed by atoms with van der Waals surface area (Å²) in [6.07, 6.45) is 0.220. The van der Waals surface area contributed by atoms with Crippen LogP contribution in [-0.4, -0.2) is 30.8 Å². The molecule has 0 saturated carbocycles. The van der Waals surface area contributed by atoms with Crippen molar-refractivity contribution in [2.45, 2.75) is 26.3 Å². The minimum Gasteiger partial charge on any atom is -0.355 e. The van der Waals surface area contributed by atoms with E-state index in [4.69, 9.17) is 0 Å². The lowest BCUT2D eigenvalue weighted by Crippen LogP contribution is -2.47. The Hall–Kier alpha value is -3.15. The summed E-state index contributed by atoms with van der Waals surface area (Å²) in [4.78, 5) is 36.5. The molecular weight excluding hydrogens is 342 g/mol. The Labute approximate surface area is 159 Å². The number of carbonyl (C=O) groups excluding carboxylic acids is 3. The molecule has 0 bridgehead atoms. The van der Waals surface area contributed by atoms with Crippen molar-refractivity contribution in [1.29, 1.82) is 0 Å². The lowest BCUT2D eigenvalue weighted by atomic mass is 10.0. The molecule has 27 heavy (non-hydrogen) atoms. The fraction of sp³-hybridized carbons (Fsp3) is 0.286. The first-order valence-corrected chi connectivity index (χ1v) is 8.87. The molecule has 0 spiro atoms. The van der Waals surface area contributed by atoms with Gasteiger partial charge < -0.3 is 16.0 Å². The zero-order chi connectivity index (χ0) is 19.8. The van der Waals surface area contributed by atoms with E-state index in [0.717, 1.165) is 5.56 Å². The molecule has 2 rings (SSSR count). The molecule has 2 aromatic carbocycles. The molecule has 2 aromatic rings. The van der Waals surface area contributed by atoms with E-state index in [-0.39, 0.29) is 30.1 Å². The van der Waals surface area contributed by atoms with Gasteiger partial charge in [-0.05, 0) is 35.7 Å². The van der Waals surface area contributed by atoms with Gasteiger partial charge in [0.25, 0.3) is 5.91 Å². The van der Waals surface area contributed by atoms with Crippen molar-refractivity contribution < 1.29 is 14.4 Å². The van der Waals surface area contributed by atoms with Gasteiger partial charge in [0.2, 0.25) is 11.8 Å². The molecule has 0 aliphatic carbocycles. The average Bonchev–Trinajstić information content (AvgIpc) is 2.66. The van der Waals surface area contributed by atoms with Crippen molar-refractivity contribution >= 4 is 23.4 Å². The maximum atomic E-state index is 12.6. The van der Waals surface area contributed by atoms with Crippen molar-refractivity contribution in [1.82, 2.24) is 10.6 Å². The molecule has 6 heteroatoms. The van der Waals surface area contributed by atoms with E-state index in [1.165, 1.54) is 0 Å². The van der Waals surface area contributed by atoms with E-state index in [1.807, 2.05) is 44.2 Å². The third kappa shape index (κ3) is 5.95. The fourth-order valence-electron chi connectivity index (χ4n) is 2.61. The third-order valence-electron chi connectivity index (χ3n) is 4.11. The predicted octanol–water partition coefficient (Wildman–Crippen LogP) is 2.37. The van der Waals surface area contributed by atoms with Crippen LogP contribution in [0.2, 0.25) is 0 Å². The molecule has 3 N–H and O–H groups in total. The van der Waals surface area contributed by atoms with Crippen molar-refractivity contribution in [2.24, 2.45) is 5.92 Å². The largest absolute Gasteiger partial charge is 0.355 e. The monoisotopic (exact) mass is 367 g/mol. The van der Waals surface area contributed by atoms with E-state index >= 15 is 0 Å². The normalized spacial score (nSPS) is 11.6. The number of hydrogen-bond donors (Lipinski definition) is 3. The van der Waals surface area contributed by atoms with E-state index in [2.05, 4.69) is 16.0 Å². The minimum absolute atomic E-state index is 0.0742. The fourth-order valence-corrected chi connectivity index (χ4v) is 2.61. The van der Waals surface area contributed by atoms with Crippen LogP contribution in [0.5, 0.6) is 0 Å². The summed E-state index contributed by atoms with van der Waals surface area (Å²) in [7, 11) is 1.56. The summed E-state index contributed by atoms with van der Waals surface area (Å²) in [6.45, 7) is 3.75. The van der Waals surface area contributed by atoms with Crippen LogP contribution in [0, 0.1) is 5.92 Å². The molecule has 1 unspecified atom stereocenters. The topological polar surface area (TPSA) is 87.3 Å². The molecule has 142 valence electrons. The Kier molecular flexibility index (Phi) is 7.11. The highest BCUT2D eigenvalue weighted by atomic mass is 16.2. The SMILES string of the molecule is CNC(=O)c1ccc(NC(=O)C(NC(=O)Cc2ccccc2)C(C)C)cc1. The molecule has 0 aromatic heterocycles. The first kappa shape index (κ1) is 20.2. The summed E-state index contributed by atoms with van der Waals surface area (Å²) in [5, 5.41) is 8.14. The number of benzene rings is 2. The average molecular weight is 367 g/mol. The Balaban J connectivity index is 1.99. The maximum absolute atomic E-state index is 12.6. The zero-order valence-corrected chi connectivity index (χ0v) is 15.8. The van der Waals surface area contributed by atoms with Crippen molar-refractivity contribution in [3.63, 3.8) is 0 Å². The highest BCUT2D eigenvalue weighted by Gasteiger charge is 2.24. The van der Waals surface area contributed by atoms with Gasteiger partial charge in [0, 0.05) is 18.3 Å². The zero-order valence-electron chi connectivity index (χ0n) is 15.8. The van der Waals surface area contributed by atoms with Crippen molar-refractivity contribution in [3.05, 3.63) is 65.7 Å². The van der Waals surface area contributed by atoms with Crippen LogP contribution in [0.1, 0.15) is 29.8 Å². The Bertz CT molecular complexity index is 786. The van der Waals surface area contributed by atoms with Crippen LogP contribution in [0.3, 0.4) is 0 Å². The summed E-state index contributed by atoms with van der Waals surface area (Å²) in [5.41, 5.74) is 1.96. The summed E-state index contributed by atoms with van der Waals surface area (Å²) >= 11 is 0. The van der Waals surface area contributed by atoms with Gasteiger partial charge in [-0.15, -0.1) is 0 Å². The second-order valence-electron chi connectivity index (χ2n) is 6.60. The Morgan fingerprint density at radius 3 is 2.11 bits per heavy atom. The van der Waals surface area contributed by atoms with E-state index in [1.54, 1.807) is 31.3 Å². The van der Waals surface area contributed by atoms with Gasteiger partial charge in [0.05, 0.1) is 6.42 Å². The number of hydrogen-bond acceptors (Lipinski definition) is 3. The minimum atomic E-state index is -0.653. The predicted molar refractivity (Wildman–Crippen MR) is 105 cm³/mol. The van der Waals surface area contributed by atoms with Gasteiger partial charge in [-0.1, -0.05) is 44.2 Å². The van der Waals surface area contributed by atoms with E-state index in [9.17, 15) is 14.4 Å². The smallest absolute Gasteiger partial charge is 0.251 e. The molecule has 0 heterocycles. The van der Waals surface area contributed by atoms with Gasteiger partial charge in [-0.2, -0.15) is 0 Å². The van der Waals surface area contributed by atoms with Gasteiger partial charge >= 0.3 is 0 Å². The molecule has 1 atom stereocenters. The highest BCUT2D eigenvalue weighted by molar-refractivity contribution is 5.98. The summed E-state index contributed by atoms with van der Waals surface area (Å²) in [6, 6.07) is 15.3. The van der Waals surface area contributed by atoms with Crippen molar-refractivity contribution in [2.75, 3.05) is 12.4 Å². The molecule has 0 aliphatic heterocycles. The van der Waals surface area contributed by atoms with Crippen LogP contribution in [0.4, 0.5) is 5.69 Å². The second-order valence-corrected chi connectivity index (χ2v) is 6.60. The summed E-state index contributed by atoms with van der Waals surface area (Å²) in [5.74, 6) is -0.764. The van der Waals surface area contributed by atoms with Gasteiger partial charge in [0.15, 0.2) is 0 Å². The lowest BCUT2D eigenvalue weighted by molar-refractivity contribution is -0.127. The van der Waals surface area contributed by atoms with Crippen LogP contribution in [-0.2, 0) is 16.0 Å². The van der Waals surface area contributed by atoms with Gasteiger partial charge in [-0.3, -0.25) is 14.4 Å². The Morgan fingerprint density at radius 2 is 1.56 bits per heavy atom.